The highest BCUT2D eigenvalue weighted by atomic mass is 16.4. The number of hydrogen-bond acceptors (Lipinski definition) is 5. The highest BCUT2D eigenvalue weighted by molar-refractivity contribution is 6.24. The van der Waals surface area contributed by atoms with Crippen molar-refractivity contribution in [2.45, 2.75) is 12.8 Å². The smallest absolute Gasteiger partial charge is 0.303 e. The second-order valence-corrected chi connectivity index (χ2v) is 4.51. The van der Waals surface area contributed by atoms with Gasteiger partial charge >= 0.3 is 5.97 Å². The number of nitriles is 1. The first kappa shape index (κ1) is 13.8. The molecule has 1 aromatic rings. The zero-order valence-electron chi connectivity index (χ0n) is 12.4. The number of nitrogens with zero attached hydrogens (tertiary/aromatic N) is 2. The molecule has 0 aromatic heterocycles. The summed E-state index contributed by atoms with van der Waals surface area (Å²) in [5, 5.41) is 27.3. The average molecular weight is 297 g/mol. The van der Waals surface area contributed by atoms with Crippen LogP contribution >= 0.6 is 0 Å². The molecule has 0 spiro atoms. The number of rotatable bonds is 4. The number of carbonyl (C=O) groups excluding carboxylic acids is 1. The third kappa shape index (κ3) is 3.46. The SMILES string of the molecule is [2H]C1=C(c2cccc(C#N)c2)C=NC(=C(O)CCC(=O)O)C1=O. The minimum absolute atomic E-state index is 0.236. The van der Waals surface area contributed by atoms with E-state index in [0.29, 0.717) is 11.1 Å². The monoisotopic (exact) mass is 297 g/mol. The summed E-state index contributed by atoms with van der Waals surface area (Å²) in [5.74, 6) is -2.35. The van der Waals surface area contributed by atoms with Crippen LogP contribution in [0.5, 0.6) is 0 Å². The molecule has 110 valence electrons. The van der Waals surface area contributed by atoms with E-state index in [1.807, 2.05) is 6.07 Å². The van der Waals surface area contributed by atoms with Gasteiger partial charge in [0.15, 0.2) is 0 Å². The molecule has 0 amide bonds. The van der Waals surface area contributed by atoms with Gasteiger partial charge in [0.1, 0.15) is 11.5 Å². The zero-order chi connectivity index (χ0) is 17.0. The number of benzene rings is 1. The maximum atomic E-state index is 12.2. The minimum Gasteiger partial charge on any atom is -0.510 e. The van der Waals surface area contributed by atoms with Gasteiger partial charge in [0.2, 0.25) is 5.78 Å². The van der Waals surface area contributed by atoms with E-state index in [9.17, 15) is 14.7 Å². The Balaban J connectivity index is 2.36. The Labute approximate surface area is 127 Å². The standard InChI is InChI=1S/C16H12N2O4/c17-8-10-2-1-3-11(6-10)12-7-14(20)16(18-9-12)13(19)4-5-15(21)22/h1-3,6-7,9,19H,4-5H2,(H,21,22)/i7D. The van der Waals surface area contributed by atoms with Crippen LogP contribution < -0.4 is 0 Å². The Morgan fingerprint density at radius 1 is 1.36 bits per heavy atom. The molecule has 2 rings (SSSR count). The molecular weight excluding hydrogens is 284 g/mol. The third-order valence-electron chi connectivity index (χ3n) is 2.94. The number of aliphatic imine (C=N–C) groups is 1. The van der Waals surface area contributed by atoms with Crippen molar-refractivity contribution in [3.05, 3.63) is 52.9 Å². The number of ketones is 1. The van der Waals surface area contributed by atoms with Gasteiger partial charge in [-0.3, -0.25) is 9.59 Å². The normalized spacial score (nSPS) is 17.0. The van der Waals surface area contributed by atoms with Crippen LogP contribution in [0.25, 0.3) is 5.57 Å². The number of allylic oxidation sites excluding steroid dienone is 3. The molecule has 0 radical (unpaired) electrons. The van der Waals surface area contributed by atoms with Gasteiger partial charge in [-0.1, -0.05) is 12.1 Å². The second kappa shape index (κ2) is 6.50. The molecule has 6 heteroatoms. The molecule has 2 N–H and O–H groups in total. The largest absolute Gasteiger partial charge is 0.510 e. The van der Waals surface area contributed by atoms with Crippen LogP contribution in [-0.2, 0) is 9.59 Å². The van der Waals surface area contributed by atoms with E-state index in [2.05, 4.69) is 4.99 Å². The number of hydrogen-bond donors (Lipinski definition) is 2. The summed E-state index contributed by atoms with van der Waals surface area (Å²) in [5.41, 5.74) is 0.794. The van der Waals surface area contributed by atoms with Crippen LogP contribution in [0.2, 0.25) is 0 Å². The van der Waals surface area contributed by atoms with Crippen molar-refractivity contribution in [3.63, 3.8) is 0 Å². The number of carboxylic acids is 1. The molecule has 22 heavy (non-hydrogen) atoms. The highest BCUT2D eigenvalue weighted by Gasteiger charge is 2.18. The lowest BCUT2D eigenvalue weighted by Gasteiger charge is -2.10. The predicted octanol–water partition coefficient (Wildman–Crippen LogP) is 2.23. The molecule has 6 nitrogen and oxygen atoms in total. The molecule has 0 aliphatic carbocycles. The number of carboxylic acid groups (broad SMARTS) is 1. The van der Waals surface area contributed by atoms with Crippen molar-refractivity contribution >= 4 is 23.5 Å². The molecule has 0 unspecified atom stereocenters. The van der Waals surface area contributed by atoms with Crippen molar-refractivity contribution < 1.29 is 21.2 Å². The number of carbonyl (C=O) groups is 2. The van der Waals surface area contributed by atoms with Gasteiger partial charge in [-0.2, -0.15) is 5.26 Å². The van der Waals surface area contributed by atoms with Gasteiger partial charge in [-0.25, -0.2) is 4.99 Å². The fraction of sp³-hybridized carbons (Fsp3) is 0.125. The van der Waals surface area contributed by atoms with E-state index in [4.69, 9.17) is 11.7 Å². The molecule has 0 bridgehead atoms. The Hall–Kier alpha value is -3.20. The molecule has 0 atom stereocenters. The fourth-order valence-corrected chi connectivity index (χ4v) is 1.85. The van der Waals surface area contributed by atoms with Gasteiger partial charge in [-0.05, 0) is 23.7 Å². The Morgan fingerprint density at radius 2 is 2.14 bits per heavy atom. The molecule has 1 aromatic carbocycles. The summed E-state index contributed by atoms with van der Waals surface area (Å²) >= 11 is 0. The molecule has 0 saturated heterocycles. The number of dihydropyridines is 1. The van der Waals surface area contributed by atoms with Crippen LogP contribution in [0.15, 0.2) is 46.8 Å². The molecule has 0 saturated carbocycles. The van der Waals surface area contributed by atoms with E-state index in [1.165, 1.54) is 12.3 Å². The summed E-state index contributed by atoms with van der Waals surface area (Å²) in [4.78, 5) is 26.5. The maximum Gasteiger partial charge on any atom is 0.303 e. The van der Waals surface area contributed by atoms with Crippen molar-refractivity contribution in [3.8, 4) is 6.07 Å². The van der Waals surface area contributed by atoms with E-state index in [1.54, 1.807) is 18.2 Å². The van der Waals surface area contributed by atoms with Gasteiger partial charge in [-0.15, -0.1) is 0 Å². The van der Waals surface area contributed by atoms with Crippen molar-refractivity contribution in [1.29, 1.82) is 5.26 Å². The summed E-state index contributed by atoms with van der Waals surface area (Å²) in [6.07, 6.45) is 0.680. The van der Waals surface area contributed by atoms with Crippen molar-refractivity contribution in [1.82, 2.24) is 0 Å². The lowest BCUT2D eigenvalue weighted by Crippen LogP contribution is -2.09. The van der Waals surface area contributed by atoms with E-state index in [0.717, 1.165) is 0 Å². The molecule has 1 aliphatic rings. The lowest BCUT2D eigenvalue weighted by molar-refractivity contribution is -0.137. The highest BCUT2D eigenvalue weighted by Crippen LogP contribution is 2.22. The first-order valence-corrected chi connectivity index (χ1v) is 6.38. The van der Waals surface area contributed by atoms with Crippen molar-refractivity contribution in [2.24, 2.45) is 4.99 Å². The molecular formula is C16H12N2O4. The van der Waals surface area contributed by atoms with Crippen LogP contribution in [0.1, 0.15) is 25.3 Å². The minimum atomic E-state index is -1.11. The Kier molecular flexibility index (Phi) is 4.07. The van der Waals surface area contributed by atoms with Gasteiger partial charge < -0.3 is 10.2 Å². The number of aliphatic hydroxyl groups excluding tert-OH is 1. The summed E-state index contributed by atoms with van der Waals surface area (Å²) < 4.78 is 7.94. The van der Waals surface area contributed by atoms with Gasteiger partial charge in [0, 0.05) is 18.2 Å². The third-order valence-corrected chi connectivity index (χ3v) is 2.94. The average Bonchev–Trinajstić information content (AvgIpc) is 2.55. The van der Waals surface area contributed by atoms with Crippen LogP contribution in [-0.4, -0.2) is 28.2 Å². The zero-order valence-corrected chi connectivity index (χ0v) is 11.4. The van der Waals surface area contributed by atoms with Crippen LogP contribution in [0.3, 0.4) is 0 Å². The summed E-state index contributed by atoms with van der Waals surface area (Å²) in [7, 11) is 0. The Bertz CT molecular complexity index is 816. The van der Waals surface area contributed by atoms with Crippen LogP contribution in [0, 0.1) is 11.3 Å². The molecule has 1 aliphatic heterocycles. The number of aliphatic carboxylic acids is 1. The van der Waals surface area contributed by atoms with E-state index < -0.39 is 17.5 Å². The quantitative estimate of drug-likeness (QED) is 0.654. The first-order valence-electron chi connectivity index (χ1n) is 6.88. The summed E-state index contributed by atoms with van der Waals surface area (Å²) in [6, 6.07) is 7.99. The van der Waals surface area contributed by atoms with Gasteiger partial charge in [0.05, 0.1) is 19.4 Å². The first-order chi connectivity index (χ1) is 10.9. The second-order valence-electron chi connectivity index (χ2n) is 4.51. The molecule has 0 fully saturated rings. The fourth-order valence-electron chi connectivity index (χ4n) is 1.85. The van der Waals surface area contributed by atoms with Crippen molar-refractivity contribution in [2.75, 3.05) is 0 Å². The topological polar surface area (TPSA) is 111 Å². The Morgan fingerprint density at radius 3 is 2.82 bits per heavy atom. The maximum absolute atomic E-state index is 12.2. The summed E-state index contributed by atoms with van der Waals surface area (Å²) in [6.45, 7) is 0. The number of aliphatic hydroxyl groups is 1. The van der Waals surface area contributed by atoms with E-state index >= 15 is 0 Å². The predicted molar refractivity (Wildman–Crippen MR) is 79.2 cm³/mol. The van der Waals surface area contributed by atoms with Gasteiger partial charge in [0.25, 0.3) is 0 Å². The van der Waals surface area contributed by atoms with E-state index in [-0.39, 0.29) is 30.2 Å². The molecule has 1 heterocycles. The van der Waals surface area contributed by atoms with Crippen LogP contribution in [0.4, 0.5) is 0 Å². The lowest BCUT2D eigenvalue weighted by atomic mass is 10.00.